The molecule has 0 amide bonds. The van der Waals surface area contributed by atoms with E-state index in [0.29, 0.717) is 10.9 Å². The predicted molar refractivity (Wildman–Crippen MR) is 68.9 cm³/mol. The number of hydrogen-bond donors (Lipinski definition) is 0. The quantitative estimate of drug-likeness (QED) is 0.567. The molecule has 0 aliphatic carbocycles. The summed E-state index contributed by atoms with van der Waals surface area (Å²) in [6, 6.07) is 13.0. The Labute approximate surface area is 103 Å². The molecule has 0 aliphatic heterocycles. The van der Waals surface area contributed by atoms with Crippen LogP contribution in [0.2, 0.25) is 0 Å². The van der Waals surface area contributed by atoms with Crippen molar-refractivity contribution >= 4 is 21.7 Å². The number of fused-ring (bicyclic) bond motifs is 3. The van der Waals surface area contributed by atoms with Crippen LogP contribution in [0.25, 0.3) is 21.7 Å². The maximum absolute atomic E-state index is 13.1. The Morgan fingerprint density at radius 3 is 2.50 bits per heavy atom. The first-order valence-corrected chi connectivity index (χ1v) is 5.74. The van der Waals surface area contributed by atoms with Gasteiger partial charge >= 0.3 is 0 Å². The Bertz CT molecular complexity index is 735. The van der Waals surface area contributed by atoms with Crippen LogP contribution in [0.1, 0.15) is 17.7 Å². The zero-order chi connectivity index (χ0) is 12.7. The summed E-state index contributed by atoms with van der Waals surface area (Å²) >= 11 is 0. The van der Waals surface area contributed by atoms with Gasteiger partial charge in [-0.1, -0.05) is 35.9 Å². The van der Waals surface area contributed by atoms with Crippen LogP contribution in [-0.4, -0.2) is 4.98 Å². The van der Waals surface area contributed by atoms with Gasteiger partial charge in [0, 0.05) is 10.8 Å². The molecular weight excluding hydrogens is 232 g/mol. The number of alkyl halides is 2. The van der Waals surface area contributed by atoms with Gasteiger partial charge in [0.2, 0.25) is 0 Å². The molecule has 1 aromatic heterocycles. The van der Waals surface area contributed by atoms with Gasteiger partial charge < -0.3 is 0 Å². The Morgan fingerprint density at radius 2 is 1.72 bits per heavy atom. The molecule has 0 fully saturated rings. The highest BCUT2D eigenvalue weighted by Crippen LogP contribution is 2.31. The van der Waals surface area contributed by atoms with E-state index in [2.05, 4.69) is 4.98 Å². The number of hydrogen-bond acceptors (Lipinski definition) is 1. The molecule has 1 nitrogen and oxygen atoms in total. The summed E-state index contributed by atoms with van der Waals surface area (Å²) in [5.41, 5.74) is 1.44. The lowest BCUT2D eigenvalue weighted by atomic mass is 10.0. The van der Waals surface area contributed by atoms with E-state index in [9.17, 15) is 8.78 Å². The molecule has 3 heteroatoms. The molecule has 0 unspecified atom stereocenters. The van der Waals surface area contributed by atoms with Crippen LogP contribution >= 0.6 is 0 Å². The maximum atomic E-state index is 13.1. The molecular formula is C15H11F2N. The van der Waals surface area contributed by atoms with Crippen LogP contribution in [0.4, 0.5) is 8.78 Å². The van der Waals surface area contributed by atoms with Crippen molar-refractivity contribution in [3.05, 3.63) is 53.7 Å². The maximum Gasteiger partial charge on any atom is 0.280 e. The number of nitrogens with zero attached hydrogens (tertiary/aromatic N) is 1. The van der Waals surface area contributed by atoms with Crippen molar-refractivity contribution in [1.82, 2.24) is 4.98 Å². The number of aryl methyl sites for hydroxylation is 1. The standard InChI is InChI=1S/C15H11F2N/c1-9-6-7-10-11-4-2-3-5-13(11)18-14(15(16)17)12(10)8-9/h2-8,15H,1H3. The minimum Gasteiger partial charge on any atom is -0.246 e. The van der Waals surface area contributed by atoms with E-state index < -0.39 is 6.43 Å². The number of aromatic nitrogens is 1. The van der Waals surface area contributed by atoms with Gasteiger partial charge in [0.1, 0.15) is 5.69 Å². The largest absolute Gasteiger partial charge is 0.280 e. The number of halogens is 2. The molecule has 0 saturated carbocycles. The van der Waals surface area contributed by atoms with Gasteiger partial charge in [0.15, 0.2) is 0 Å². The normalized spacial score (nSPS) is 11.6. The van der Waals surface area contributed by atoms with Crippen molar-refractivity contribution < 1.29 is 8.78 Å². The summed E-state index contributed by atoms with van der Waals surface area (Å²) in [4.78, 5) is 4.09. The predicted octanol–water partition coefficient (Wildman–Crippen LogP) is 4.63. The second-order valence-corrected chi connectivity index (χ2v) is 4.36. The number of rotatable bonds is 1. The highest BCUT2D eigenvalue weighted by Gasteiger charge is 2.15. The molecule has 0 spiro atoms. The molecule has 0 atom stereocenters. The van der Waals surface area contributed by atoms with E-state index in [-0.39, 0.29) is 5.69 Å². The monoisotopic (exact) mass is 243 g/mol. The Kier molecular flexibility index (Phi) is 2.47. The molecule has 1 heterocycles. The summed E-state index contributed by atoms with van der Waals surface area (Å²) in [6.45, 7) is 1.89. The molecule has 3 aromatic rings. The molecule has 0 saturated heterocycles. The van der Waals surface area contributed by atoms with Crippen LogP contribution in [0, 0.1) is 6.92 Å². The van der Waals surface area contributed by atoms with E-state index in [1.54, 1.807) is 12.1 Å². The fraction of sp³-hybridized carbons (Fsp3) is 0.133. The van der Waals surface area contributed by atoms with Gasteiger partial charge in [0.05, 0.1) is 5.52 Å². The van der Waals surface area contributed by atoms with Crippen molar-refractivity contribution in [2.24, 2.45) is 0 Å². The van der Waals surface area contributed by atoms with Crippen molar-refractivity contribution in [2.75, 3.05) is 0 Å². The lowest BCUT2D eigenvalue weighted by Gasteiger charge is -2.09. The summed E-state index contributed by atoms with van der Waals surface area (Å²) in [6.07, 6.45) is -2.56. The highest BCUT2D eigenvalue weighted by atomic mass is 19.3. The van der Waals surface area contributed by atoms with Crippen LogP contribution in [0.3, 0.4) is 0 Å². The molecule has 2 aromatic carbocycles. The average molecular weight is 243 g/mol. The SMILES string of the molecule is Cc1ccc2c(c1)c(C(F)F)nc1ccccc12. The minimum atomic E-state index is -2.56. The van der Waals surface area contributed by atoms with Gasteiger partial charge in [-0.2, -0.15) is 0 Å². The van der Waals surface area contributed by atoms with Gasteiger partial charge in [-0.25, -0.2) is 13.8 Å². The Balaban J connectivity index is 2.54. The highest BCUT2D eigenvalue weighted by molar-refractivity contribution is 6.06. The fourth-order valence-corrected chi connectivity index (χ4v) is 2.26. The fourth-order valence-electron chi connectivity index (χ4n) is 2.26. The molecule has 0 N–H and O–H groups in total. The van der Waals surface area contributed by atoms with E-state index in [1.807, 2.05) is 37.3 Å². The van der Waals surface area contributed by atoms with Crippen LogP contribution in [0.15, 0.2) is 42.5 Å². The molecule has 90 valence electrons. The zero-order valence-corrected chi connectivity index (χ0v) is 9.82. The van der Waals surface area contributed by atoms with Gasteiger partial charge in [0.25, 0.3) is 6.43 Å². The van der Waals surface area contributed by atoms with Gasteiger partial charge in [-0.15, -0.1) is 0 Å². The van der Waals surface area contributed by atoms with Crippen LogP contribution < -0.4 is 0 Å². The Morgan fingerprint density at radius 1 is 0.944 bits per heavy atom. The second-order valence-electron chi connectivity index (χ2n) is 4.36. The van der Waals surface area contributed by atoms with Crippen molar-refractivity contribution in [2.45, 2.75) is 13.3 Å². The van der Waals surface area contributed by atoms with E-state index in [0.717, 1.165) is 16.3 Å². The number of pyridine rings is 1. The number of para-hydroxylation sites is 1. The van der Waals surface area contributed by atoms with Crippen LogP contribution in [-0.2, 0) is 0 Å². The van der Waals surface area contributed by atoms with E-state index >= 15 is 0 Å². The summed E-state index contributed by atoms with van der Waals surface area (Å²) in [7, 11) is 0. The third kappa shape index (κ3) is 1.63. The first-order valence-electron chi connectivity index (χ1n) is 5.74. The third-order valence-corrected chi connectivity index (χ3v) is 3.09. The molecule has 0 radical (unpaired) electrons. The smallest absolute Gasteiger partial charge is 0.246 e. The lowest BCUT2D eigenvalue weighted by Crippen LogP contribution is -1.94. The van der Waals surface area contributed by atoms with E-state index in [4.69, 9.17) is 0 Å². The second kappa shape index (κ2) is 4.02. The van der Waals surface area contributed by atoms with Gasteiger partial charge in [-0.05, 0) is 24.4 Å². The zero-order valence-electron chi connectivity index (χ0n) is 9.82. The van der Waals surface area contributed by atoms with Crippen LogP contribution in [0.5, 0.6) is 0 Å². The molecule has 0 bridgehead atoms. The van der Waals surface area contributed by atoms with Crippen molar-refractivity contribution in [3.63, 3.8) is 0 Å². The number of benzene rings is 2. The average Bonchev–Trinajstić information content (AvgIpc) is 2.37. The summed E-state index contributed by atoms with van der Waals surface area (Å²) in [5.74, 6) is 0. The minimum absolute atomic E-state index is 0.132. The first kappa shape index (κ1) is 11.1. The third-order valence-electron chi connectivity index (χ3n) is 3.09. The van der Waals surface area contributed by atoms with E-state index in [1.165, 1.54) is 0 Å². The summed E-state index contributed by atoms with van der Waals surface area (Å²) < 4.78 is 26.2. The lowest BCUT2D eigenvalue weighted by molar-refractivity contribution is 0.148. The summed E-state index contributed by atoms with van der Waals surface area (Å²) in [5, 5.41) is 2.29. The first-order chi connectivity index (χ1) is 8.66. The molecule has 0 aliphatic rings. The topological polar surface area (TPSA) is 12.9 Å². The Hall–Kier alpha value is -2.03. The van der Waals surface area contributed by atoms with Crippen molar-refractivity contribution in [1.29, 1.82) is 0 Å². The van der Waals surface area contributed by atoms with Gasteiger partial charge in [-0.3, -0.25) is 0 Å². The molecule has 3 rings (SSSR count). The van der Waals surface area contributed by atoms with Crippen molar-refractivity contribution in [3.8, 4) is 0 Å². The molecule has 18 heavy (non-hydrogen) atoms.